The summed E-state index contributed by atoms with van der Waals surface area (Å²) in [5.41, 5.74) is -1.99. The van der Waals surface area contributed by atoms with Crippen LogP contribution in [0.25, 0.3) is 10.8 Å². The number of aromatic nitrogens is 1. The van der Waals surface area contributed by atoms with Gasteiger partial charge < -0.3 is 15.2 Å². The van der Waals surface area contributed by atoms with Crippen LogP contribution in [0.2, 0.25) is 0 Å². The first-order valence-electron chi connectivity index (χ1n) is 9.21. The fourth-order valence-corrected chi connectivity index (χ4v) is 2.79. The summed E-state index contributed by atoms with van der Waals surface area (Å²) in [7, 11) is 0. The lowest BCUT2D eigenvalue weighted by atomic mass is 10.1. The van der Waals surface area contributed by atoms with Gasteiger partial charge in [0.2, 0.25) is 0 Å². The number of pyridine rings is 1. The zero-order valence-electron chi connectivity index (χ0n) is 16.7. The largest absolute Gasteiger partial charge is 0.486 e. The van der Waals surface area contributed by atoms with Gasteiger partial charge in [-0.1, -0.05) is 36.4 Å². The highest BCUT2D eigenvalue weighted by Crippen LogP contribution is 2.31. The van der Waals surface area contributed by atoms with E-state index >= 15 is 0 Å². The number of benzene rings is 2. The average molecular weight is 432 g/mol. The fourth-order valence-electron chi connectivity index (χ4n) is 2.79. The number of carboxylic acids is 1. The lowest BCUT2D eigenvalue weighted by molar-refractivity contribution is -0.143. The van der Waals surface area contributed by atoms with Gasteiger partial charge in [-0.2, -0.15) is 13.2 Å². The minimum absolute atomic E-state index is 0.108. The van der Waals surface area contributed by atoms with Crippen LogP contribution in [0.4, 0.5) is 13.2 Å². The van der Waals surface area contributed by atoms with Crippen LogP contribution in [0.15, 0.2) is 54.7 Å². The SMILES string of the molecule is CC(C)(NC(=O)c1ncc2ccccc2c1OCc1ccc(C(F)(F)F)cc1)C(=O)O. The van der Waals surface area contributed by atoms with Crippen LogP contribution in [0.3, 0.4) is 0 Å². The normalized spacial score (nSPS) is 11.9. The van der Waals surface area contributed by atoms with E-state index in [1.54, 1.807) is 24.3 Å². The summed E-state index contributed by atoms with van der Waals surface area (Å²) < 4.78 is 44.1. The Kier molecular flexibility index (Phi) is 5.88. The molecule has 1 aromatic heterocycles. The third-order valence-electron chi connectivity index (χ3n) is 4.59. The quantitative estimate of drug-likeness (QED) is 0.602. The van der Waals surface area contributed by atoms with Crippen LogP contribution in [0.1, 0.15) is 35.5 Å². The first kappa shape index (κ1) is 22.1. The number of nitrogens with one attached hydrogen (secondary N) is 1. The summed E-state index contributed by atoms with van der Waals surface area (Å²) in [5, 5.41) is 12.9. The molecule has 0 unspecified atom stereocenters. The monoisotopic (exact) mass is 432 g/mol. The molecule has 0 saturated carbocycles. The van der Waals surface area contributed by atoms with E-state index in [0.717, 1.165) is 12.1 Å². The smallest absolute Gasteiger partial charge is 0.416 e. The fraction of sp³-hybridized carbons (Fsp3) is 0.227. The predicted molar refractivity (Wildman–Crippen MR) is 107 cm³/mol. The maximum Gasteiger partial charge on any atom is 0.416 e. The van der Waals surface area contributed by atoms with E-state index in [4.69, 9.17) is 4.74 Å². The molecule has 3 rings (SSSR count). The number of hydrogen-bond acceptors (Lipinski definition) is 4. The van der Waals surface area contributed by atoms with Gasteiger partial charge in [0.15, 0.2) is 11.4 Å². The summed E-state index contributed by atoms with van der Waals surface area (Å²) in [6.07, 6.45) is -2.98. The number of alkyl halides is 3. The summed E-state index contributed by atoms with van der Waals surface area (Å²) in [6.45, 7) is 2.55. The van der Waals surface area contributed by atoms with Gasteiger partial charge >= 0.3 is 12.1 Å². The number of nitrogens with zero attached hydrogens (tertiary/aromatic N) is 1. The van der Waals surface area contributed by atoms with Crippen molar-refractivity contribution < 1.29 is 32.6 Å². The molecule has 0 radical (unpaired) electrons. The third kappa shape index (κ3) is 4.93. The Morgan fingerprint density at radius 2 is 1.71 bits per heavy atom. The molecular weight excluding hydrogens is 413 g/mol. The zero-order valence-corrected chi connectivity index (χ0v) is 16.7. The van der Waals surface area contributed by atoms with Gasteiger partial charge in [0, 0.05) is 17.0 Å². The lowest BCUT2D eigenvalue weighted by Gasteiger charge is -2.22. The van der Waals surface area contributed by atoms with E-state index in [1.807, 2.05) is 0 Å². The number of ether oxygens (including phenoxy) is 1. The number of amides is 1. The predicted octanol–water partition coefficient (Wildman–Crippen LogP) is 4.43. The number of carbonyl (C=O) groups is 2. The molecule has 0 aliphatic carbocycles. The standard InChI is InChI=1S/C22H19F3N2O4/c1-21(2,20(29)30)27-19(28)17-18(16-6-4-3-5-14(16)11-26-17)31-12-13-7-9-15(10-8-13)22(23,24)25/h3-11H,12H2,1-2H3,(H,27,28)(H,29,30). The van der Waals surface area contributed by atoms with Crippen molar-refractivity contribution in [3.63, 3.8) is 0 Å². The number of fused-ring (bicyclic) bond motifs is 1. The van der Waals surface area contributed by atoms with Crippen molar-refractivity contribution in [2.45, 2.75) is 32.2 Å². The van der Waals surface area contributed by atoms with E-state index in [-0.39, 0.29) is 18.1 Å². The molecule has 0 spiro atoms. The maximum atomic E-state index is 12.8. The number of rotatable bonds is 6. The van der Waals surface area contributed by atoms with E-state index < -0.39 is 29.2 Å². The van der Waals surface area contributed by atoms with Crippen molar-refractivity contribution >= 4 is 22.6 Å². The Bertz CT molecular complexity index is 1130. The minimum Gasteiger partial charge on any atom is -0.486 e. The summed E-state index contributed by atoms with van der Waals surface area (Å²) in [6, 6.07) is 11.4. The van der Waals surface area contributed by atoms with Gasteiger partial charge in [-0.3, -0.25) is 4.79 Å². The van der Waals surface area contributed by atoms with Gasteiger partial charge in [0.1, 0.15) is 12.1 Å². The van der Waals surface area contributed by atoms with Crippen LogP contribution < -0.4 is 10.1 Å². The van der Waals surface area contributed by atoms with Crippen LogP contribution in [0, 0.1) is 0 Å². The van der Waals surface area contributed by atoms with Gasteiger partial charge in [0.25, 0.3) is 5.91 Å². The molecule has 2 N–H and O–H groups in total. The zero-order chi connectivity index (χ0) is 22.8. The molecule has 0 aliphatic rings. The minimum atomic E-state index is -4.44. The molecule has 9 heteroatoms. The van der Waals surface area contributed by atoms with Crippen molar-refractivity contribution in [1.29, 1.82) is 0 Å². The Morgan fingerprint density at radius 3 is 2.32 bits per heavy atom. The Hall–Kier alpha value is -3.62. The molecule has 3 aromatic rings. The highest BCUT2D eigenvalue weighted by Gasteiger charge is 2.32. The number of carboxylic acid groups (broad SMARTS) is 1. The maximum absolute atomic E-state index is 12.8. The second-order valence-corrected chi connectivity index (χ2v) is 7.39. The van der Waals surface area contributed by atoms with E-state index in [0.29, 0.717) is 16.3 Å². The van der Waals surface area contributed by atoms with E-state index in [9.17, 15) is 27.9 Å². The van der Waals surface area contributed by atoms with Gasteiger partial charge in [-0.05, 0) is 31.5 Å². The van der Waals surface area contributed by atoms with Crippen molar-refractivity contribution in [3.05, 3.63) is 71.5 Å². The molecule has 6 nitrogen and oxygen atoms in total. The van der Waals surface area contributed by atoms with E-state index in [1.165, 1.54) is 32.2 Å². The molecule has 1 amide bonds. The number of aliphatic carboxylic acids is 1. The van der Waals surface area contributed by atoms with Crippen molar-refractivity contribution in [2.75, 3.05) is 0 Å². The molecule has 162 valence electrons. The van der Waals surface area contributed by atoms with Crippen molar-refractivity contribution in [3.8, 4) is 5.75 Å². The van der Waals surface area contributed by atoms with Gasteiger partial charge in [0.05, 0.1) is 5.56 Å². The molecule has 2 aromatic carbocycles. The molecular formula is C22H19F3N2O4. The Labute approximate surface area is 175 Å². The molecule has 1 heterocycles. The van der Waals surface area contributed by atoms with Crippen LogP contribution in [-0.4, -0.2) is 27.5 Å². The molecule has 0 fully saturated rings. The van der Waals surface area contributed by atoms with Gasteiger partial charge in [-0.25, -0.2) is 9.78 Å². The number of halogens is 3. The van der Waals surface area contributed by atoms with Crippen LogP contribution >= 0.6 is 0 Å². The highest BCUT2D eigenvalue weighted by molar-refractivity contribution is 6.03. The summed E-state index contributed by atoms with van der Waals surface area (Å²) in [4.78, 5) is 28.2. The highest BCUT2D eigenvalue weighted by atomic mass is 19.4. The molecule has 31 heavy (non-hydrogen) atoms. The summed E-state index contributed by atoms with van der Waals surface area (Å²) >= 11 is 0. The molecule has 0 atom stereocenters. The van der Waals surface area contributed by atoms with Crippen molar-refractivity contribution in [1.82, 2.24) is 10.3 Å². The lowest BCUT2D eigenvalue weighted by Crippen LogP contribution is -2.49. The molecule has 0 saturated heterocycles. The molecule has 0 aliphatic heterocycles. The van der Waals surface area contributed by atoms with Crippen molar-refractivity contribution in [2.24, 2.45) is 0 Å². The number of carbonyl (C=O) groups excluding carboxylic acids is 1. The van der Waals surface area contributed by atoms with Crippen LogP contribution in [-0.2, 0) is 17.6 Å². The topological polar surface area (TPSA) is 88.5 Å². The third-order valence-corrected chi connectivity index (χ3v) is 4.59. The van der Waals surface area contributed by atoms with E-state index in [2.05, 4.69) is 10.3 Å². The first-order valence-corrected chi connectivity index (χ1v) is 9.21. The Morgan fingerprint density at radius 1 is 1.06 bits per heavy atom. The van der Waals surface area contributed by atoms with Crippen LogP contribution in [0.5, 0.6) is 5.75 Å². The molecule has 0 bridgehead atoms. The number of hydrogen-bond donors (Lipinski definition) is 2. The Balaban J connectivity index is 1.93. The first-order chi connectivity index (χ1) is 14.5. The average Bonchev–Trinajstić information content (AvgIpc) is 2.71. The second kappa shape index (κ2) is 8.25. The summed E-state index contributed by atoms with van der Waals surface area (Å²) in [5.74, 6) is -1.87. The van der Waals surface area contributed by atoms with Gasteiger partial charge in [-0.15, -0.1) is 0 Å². The second-order valence-electron chi connectivity index (χ2n) is 7.39.